The van der Waals surface area contributed by atoms with E-state index in [1.165, 1.54) is 0 Å². The van der Waals surface area contributed by atoms with Gasteiger partial charge in [0.15, 0.2) is 0 Å². The Morgan fingerprint density at radius 3 is 3.27 bits per heavy atom. The van der Waals surface area contributed by atoms with Crippen LogP contribution < -0.4 is 11.2 Å². The summed E-state index contributed by atoms with van der Waals surface area (Å²) in [6.07, 6.45) is 3.31. The number of nitrogens with two attached hydrogens (primary N) is 1. The first kappa shape index (κ1) is 7.55. The van der Waals surface area contributed by atoms with E-state index >= 15 is 0 Å². The van der Waals surface area contributed by atoms with Crippen LogP contribution in [0.3, 0.4) is 0 Å². The van der Waals surface area contributed by atoms with Crippen molar-refractivity contribution in [1.29, 1.82) is 0 Å². The maximum absolute atomic E-state index is 8.23. The number of hydrogen-bond acceptors (Lipinski definition) is 3. The van der Waals surface area contributed by atoms with E-state index in [0.717, 1.165) is 0 Å². The second-order valence-electron chi connectivity index (χ2n) is 1.85. The van der Waals surface area contributed by atoms with Gasteiger partial charge >= 0.3 is 0 Å². The van der Waals surface area contributed by atoms with Crippen LogP contribution in [0.1, 0.15) is 5.82 Å². The lowest BCUT2D eigenvalue weighted by Crippen LogP contribution is -2.28. The van der Waals surface area contributed by atoms with Crippen LogP contribution in [-0.2, 0) is 6.54 Å². The minimum Gasteiger partial charge on any atom is -0.368 e. The Morgan fingerprint density at radius 2 is 2.73 bits per heavy atom. The van der Waals surface area contributed by atoms with Crippen LogP contribution in [0.5, 0.6) is 0 Å². The Kier molecular flexibility index (Phi) is 2.45. The van der Waals surface area contributed by atoms with E-state index in [9.17, 15) is 0 Å². The molecule has 0 saturated carbocycles. The summed E-state index contributed by atoms with van der Waals surface area (Å²) in [5.74, 6) is 0.671. The summed E-state index contributed by atoms with van der Waals surface area (Å²) >= 11 is 0. The third-order valence-electron chi connectivity index (χ3n) is 1.07. The van der Waals surface area contributed by atoms with Crippen molar-refractivity contribution in [3.63, 3.8) is 0 Å². The van der Waals surface area contributed by atoms with Gasteiger partial charge in [-0.2, -0.15) is 0 Å². The molecule has 0 atom stereocenters. The Bertz CT molecular complexity index is 229. The standard InChI is InChI=1S/C5H9N5O/c6-5(10-11)9-3-4-7-1-2-8-4/h1-2,11H,3H2,(H,7,8)(H3,6,9,10). The molecule has 1 aromatic heterocycles. The number of nitrogens with one attached hydrogen (secondary N) is 2. The molecule has 0 unspecified atom stereocenters. The molecule has 0 spiro atoms. The molecule has 0 aliphatic heterocycles. The van der Waals surface area contributed by atoms with E-state index in [1.54, 1.807) is 17.9 Å². The van der Waals surface area contributed by atoms with Crippen LogP contribution in [0, 0.1) is 0 Å². The lowest BCUT2D eigenvalue weighted by atomic mass is 10.6. The first-order chi connectivity index (χ1) is 5.33. The molecule has 1 aromatic rings. The summed E-state index contributed by atoms with van der Waals surface area (Å²) in [4.78, 5) is 10.5. The zero-order valence-electron chi connectivity index (χ0n) is 5.78. The predicted octanol–water partition coefficient (Wildman–Crippen LogP) is -0.797. The van der Waals surface area contributed by atoms with Crippen molar-refractivity contribution in [3.8, 4) is 0 Å². The minimum atomic E-state index is -0.0265. The van der Waals surface area contributed by atoms with E-state index < -0.39 is 0 Å². The molecule has 0 aromatic carbocycles. The number of aromatic nitrogens is 2. The van der Waals surface area contributed by atoms with Crippen LogP contribution in [0.25, 0.3) is 0 Å². The van der Waals surface area contributed by atoms with Crippen LogP contribution in [0.4, 0.5) is 0 Å². The quantitative estimate of drug-likeness (QED) is 0.255. The third-order valence-corrected chi connectivity index (χ3v) is 1.07. The van der Waals surface area contributed by atoms with Gasteiger partial charge in [0.25, 0.3) is 0 Å². The number of rotatable bonds is 2. The number of aliphatic imine (C=N–C) groups is 1. The van der Waals surface area contributed by atoms with Gasteiger partial charge in [-0.3, -0.25) is 5.21 Å². The van der Waals surface area contributed by atoms with Gasteiger partial charge in [-0.1, -0.05) is 0 Å². The second kappa shape index (κ2) is 3.57. The van der Waals surface area contributed by atoms with E-state index in [4.69, 9.17) is 10.9 Å². The largest absolute Gasteiger partial charge is 0.368 e. The van der Waals surface area contributed by atoms with Gasteiger partial charge in [-0.25, -0.2) is 15.5 Å². The predicted molar refractivity (Wildman–Crippen MR) is 38.8 cm³/mol. The number of guanidine groups is 1. The molecular formula is C5H9N5O. The fourth-order valence-electron chi connectivity index (χ4n) is 0.580. The third kappa shape index (κ3) is 2.26. The molecule has 0 amide bonds. The first-order valence-corrected chi connectivity index (χ1v) is 3.01. The van der Waals surface area contributed by atoms with E-state index in [2.05, 4.69) is 15.0 Å². The lowest BCUT2D eigenvalue weighted by Gasteiger charge is -1.94. The number of nitrogens with zero attached hydrogens (tertiary/aromatic N) is 2. The SMILES string of the molecule is NC(=NCc1ncc[nH]1)NO. The summed E-state index contributed by atoms with van der Waals surface area (Å²) in [5, 5.41) is 8.23. The van der Waals surface area contributed by atoms with Gasteiger partial charge in [-0.05, 0) is 0 Å². The zero-order valence-corrected chi connectivity index (χ0v) is 5.78. The average molecular weight is 155 g/mol. The topological polar surface area (TPSA) is 99.3 Å². The van der Waals surface area contributed by atoms with Gasteiger partial charge in [0.1, 0.15) is 12.4 Å². The molecule has 0 aliphatic rings. The molecular weight excluding hydrogens is 146 g/mol. The molecule has 60 valence electrons. The highest BCUT2D eigenvalue weighted by molar-refractivity contribution is 5.76. The molecule has 1 rings (SSSR count). The highest BCUT2D eigenvalue weighted by Crippen LogP contribution is 1.89. The maximum Gasteiger partial charge on any atom is 0.213 e. The van der Waals surface area contributed by atoms with Crippen molar-refractivity contribution in [2.45, 2.75) is 6.54 Å². The number of imidazole rings is 1. The number of hydroxylamine groups is 1. The second-order valence-corrected chi connectivity index (χ2v) is 1.85. The van der Waals surface area contributed by atoms with Crippen LogP contribution >= 0.6 is 0 Å². The van der Waals surface area contributed by atoms with Crippen molar-refractivity contribution in [1.82, 2.24) is 15.4 Å². The van der Waals surface area contributed by atoms with E-state index in [1.807, 2.05) is 0 Å². The molecule has 0 bridgehead atoms. The van der Waals surface area contributed by atoms with Crippen molar-refractivity contribution >= 4 is 5.96 Å². The summed E-state index contributed by atoms with van der Waals surface area (Å²) in [5.41, 5.74) is 6.85. The van der Waals surface area contributed by atoms with Crippen molar-refractivity contribution < 1.29 is 5.21 Å². The monoisotopic (exact) mass is 155 g/mol. The number of H-pyrrole nitrogens is 1. The Hall–Kier alpha value is -1.56. The average Bonchev–Trinajstić information content (AvgIpc) is 2.52. The van der Waals surface area contributed by atoms with Crippen molar-refractivity contribution in [2.75, 3.05) is 0 Å². The molecule has 11 heavy (non-hydrogen) atoms. The summed E-state index contributed by atoms with van der Waals surface area (Å²) in [6, 6.07) is 0. The Labute approximate surface area is 63.1 Å². The van der Waals surface area contributed by atoms with Crippen molar-refractivity contribution in [2.24, 2.45) is 10.7 Å². The van der Waals surface area contributed by atoms with Crippen molar-refractivity contribution in [3.05, 3.63) is 18.2 Å². The minimum absolute atomic E-state index is 0.0265. The summed E-state index contributed by atoms with van der Waals surface area (Å²) < 4.78 is 0. The molecule has 0 aliphatic carbocycles. The Balaban J connectivity index is 2.45. The smallest absolute Gasteiger partial charge is 0.213 e. The van der Waals surface area contributed by atoms with Gasteiger partial charge in [-0.15, -0.1) is 0 Å². The van der Waals surface area contributed by atoms with Gasteiger partial charge in [0.05, 0.1) is 0 Å². The van der Waals surface area contributed by atoms with E-state index in [-0.39, 0.29) is 5.96 Å². The first-order valence-electron chi connectivity index (χ1n) is 3.01. The fraction of sp³-hybridized carbons (Fsp3) is 0.200. The van der Waals surface area contributed by atoms with Crippen LogP contribution in [0.15, 0.2) is 17.4 Å². The fourth-order valence-corrected chi connectivity index (χ4v) is 0.580. The lowest BCUT2D eigenvalue weighted by molar-refractivity contribution is 0.232. The van der Waals surface area contributed by atoms with E-state index in [0.29, 0.717) is 12.4 Å². The molecule has 0 fully saturated rings. The normalized spacial score (nSPS) is 11.5. The zero-order chi connectivity index (χ0) is 8.10. The van der Waals surface area contributed by atoms with Gasteiger partial charge in [0, 0.05) is 12.4 Å². The Morgan fingerprint density at radius 1 is 1.91 bits per heavy atom. The van der Waals surface area contributed by atoms with Crippen LogP contribution in [0.2, 0.25) is 0 Å². The molecule has 0 radical (unpaired) electrons. The molecule has 6 heteroatoms. The highest BCUT2D eigenvalue weighted by Gasteiger charge is 1.91. The summed E-state index contributed by atoms with van der Waals surface area (Å²) in [6.45, 7) is 0.326. The maximum atomic E-state index is 8.23. The number of hydrogen-bond donors (Lipinski definition) is 4. The van der Waals surface area contributed by atoms with Crippen LogP contribution in [-0.4, -0.2) is 21.1 Å². The molecule has 1 heterocycles. The molecule has 5 N–H and O–H groups in total. The highest BCUT2D eigenvalue weighted by atomic mass is 16.5. The van der Waals surface area contributed by atoms with Gasteiger partial charge < -0.3 is 10.7 Å². The van der Waals surface area contributed by atoms with Gasteiger partial charge in [0.2, 0.25) is 5.96 Å². The number of aromatic amines is 1. The summed E-state index contributed by atoms with van der Waals surface area (Å²) in [7, 11) is 0. The molecule has 0 saturated heterocycles. The molecule has 6 nitrogen and oxygen atoms in total.